The molecule has 0 saturated heterocycles. The van der Waals surface area contributed by atoms with Crippen LogP contribution in [0, 0.1) is 17.7 Å². The van der Waals surface area contributed by atoms with Gasteiger partial charge in [-0.25, -0.2) is 14.8 Å². The second kappa shape index (κ2) is 8.09. The average molecular weight is 579 g/mol. The van der Waals surface area contributed by atoms with Crippen molar-refractivity contribution in [1.29, 1.82) is 5.26 Å². The van der Waals surface area contributed by atoms with Crippen LogP contribution in [0.15, 0.2) is 42.7 Å². The summed E-state index contributed by atoms with van der Waals surface area (Å²) in [5.74, 6) is -0.577. The fraction of sp³-hybridized carbons (Fsp3) is 0.150. The maximum Gasteiger partial charge on any atom is 0.354 e. The van der Waals surface area contributed by atoms with Crippen molar-refractivity contribution in [3.05, 3.63) is 71.8 Å². The van der Waals surface area contributed by atoms with Gasteiger partial charge in [-0.15, -0.1) is 0 Å². The summed E-state index contributed by atoms with van der Waals surface area (Å²) >= 11 is 0. The fourth-order valence-electron chi connectivity index (χ4n) is 2.95. The van der Waals surface area contributed by atoms with E-state index in [0.717, 1.165) is 0 Å². The molecule has 152 valence electrons. The van der Waals surface area contributed by atoms with Crippen molar-refractivity contribution < 1.29 is 31.0 Å². The topological polar surface area (TPSA) is 130 Å². The minimum atomic E-state index is -1.09. The summed E-state index contributed by atoms with van der Waals surface area (Å²) < 4.78 is 1.55. The standard InChI is InChI=1S/C20H14N7O2.Pt/c1-20(2,14-6-3-5-12(25-14)19(28)29)15-7-4-8-16(26-15)27-11-24-17-13(9-21)22-10-23-18(17)27;/h3-8,10H,1-2H3,(H,28,29);/q-1;. The Labute approximate surface area is 185 Å². The van der Waals surface area contributed by atoms with Crippen molar-refractivity contribution in [2.45, 2.75) is 19.3 Å². The van der Waals surface area contributed by atoms with Crippen LogP contribution < -0.4 is 0 Å². The number of hydrogen-bond donors (Lipinski definition) is 1. The van der Waals surface area contributed by atoms with Gasteiger partial charge in [0.1, 0.15) is 23.8 Å². The Kier molecular flexibility index (Phi) is 5.72. The maximum atomic E-state index is 11.3. The van der Waals surface area contributed by atoms with E-state index in [0.29, 0.717) is 28.4 Å². The number of imidazole rings is 1. The van der Waals surface area contributed by atoms with Crippen LogP contribution >= 0.6 is 0 Å². The molecular formula is C20H14N7O2Pt-. The zero-order chi connectivity index (χ0) is 20.6. The van der Waals surface area contributed by atoms with E-state index in [-0.39, 0.29) is 32.5 Å². The Hall–Kier alpha value is -3.50. The van der Waals surface area contributed by atoms with Gasteiger partial charge >= 0.3 is 5.97 Å². The third-order valence-electron chi connectivity index (χ3n) is 4.59. The van der Waals surface area contributed by atoms with E-state index in [1.54, 1.807) is 22.8 Å². The van der Waals surface area contributed by atoms with E-state index < -0.39 is 11.4 Å². The summed E-state index contributed by atoms with van der Waals surface area (Å²) in [6.07, 6.45) is 4.10. The van der Waals surface area contributed by atoms with Gasteiger partial charge < -0.3 is 14.7 Å². The number of carbonyl (C=O) groups is 1. The minimum absolute atomic E-state index is 0. The van der Waals surface area contributed by atoms with Crippen molar-refractivity contribution in [3.63, 3.8) is 0 Å². The van der Waals surface area contributed by atoms with Gasteiger partial charge in [0.2, 0.25) is 0 Å². The zero-order valence-corrected chi connectivity index (χ0v) is 18.1. The largest absolute Gasteiger partial charge is 0.477 e. The maximum absolute atomic E-state index is 11.3. The molecule has 0 radical (unpaired) electrons. The molecule has 4 aromatic heterocycles. The minimum Gasteiger partial charge on any atom is -0.477 e. The van der Waals surface area contributed by atoms with Crippen LogP contribution in [0.3, 0.4) is 0 Å². The zero-order valence-electron chi connectivity index (χ0n) is 15.8. The normalized spacial score (nSPS) is 11.0. The molecule has 0 aliphatic carbocycles. The second-order valence-electron chi connectivity index (χ2n) is 6.77. The average Bonchev–Trinajstić information content (AvgIpc) is 3.18. The predicted molar refractivity (Wildman–Crippen MR) is 101 cm³/mol. The van der Waals surface area contributed by atoms with E-state index >= 15 is 0 Å². The summed E-state index contributed by atoms with van der Waals surface area (Å²) in [5, 5.41) is 18.4. The van der Waals surface area contributed by atoms with Gasteiger partial charge in [0, 0.05) is 49.7 Å². The third kappa shape index (κ3) is 3.58. The van der Waals surface area contributed by atoms with Crippen molar-refractivity contribution in [2.75, 3.05) is 0 Å². The van der Waals surface area contributed by atoms with Gasteiger partial charge in [-0.05, 0) is 32.0 Å². The summed E-state index contributed by atoms with van der Waals surface area (Å²) in [6, 6.07) is 12.3. The monoisotopic (exact) mass is 579 g/mol. The summed E-state index contributed by atoms with van der Waals surface area (Å²) in [7, 11) is 0. The Morgan fingerprint density at radius 1 is 1.13 bits per heavy atom. The first-order valence-electron chi connectivity index (χ1n) is 8.62. The molecule has 0 unspecified atom stereocenters. The van der Waals surface area contributed by atoms with E-state index in [2.05, 4.69) is 26.3 Å². The Morgan fingerprint density at radius 3 is 2.53 bits per heavy atom. The molecule has 4 heterocycles. The second-order valence-corrected chi connectivity index (χ2v) is 6.77. The summed E-state index contributed by atoms with van der Waals surface area (Å²) in [5.41, 5.74) is 1.50. The number of rotatable bonds is 4. The van der Waals surface area contributed by atoms with E-state index in [1.807, 2.05) is 32.0 Å². The first-order chi connectivity index (χ1) is 13.9. The van der Waals surface area contributed by atoms with Gasteiger partial charge in [0.15, 0.2) is 0 Å². The summed E-state index contributed by atoms with van der Waals surface area (Å²) in [4.78, 5) is 32.5. The molecule has 0 atom stereocenters. The molecule has 0 aliphatic heterocycles. The molecule has 30 heavy (non-hydrogen) atoms. The van der Waals surface area contributed by atoms with Crippen LogP contribution in [0.2, 0.25) is 0 Å². The quantitative estimate of drug-likeness (QED) is 0.365. The molecule has 4 aromatic rings. The van der Waals surface area contributed by atoms with Crippen molar-refractivity contribution >= 4 is 17.1 Å². The van der Waals surface area contributed by atoms with Crippen molar-refractivity contribution in [1.82, 2.24) is 29.5 Å². The number of carboxylic acids is 1. The Balaban J connectivity index is 0.00000256. The number of pyridine rings is 2. The molecule has 10 heteroatoms. The van der Waals surface area contributed by atoms with Crippen LogP contribution in [0.5, 0.6) is 0 Å². The van der Waals surface area contributed by atoms with Gasteiger partial charge in [-0.1, -0.05) is 18.2 Å². The SMILES string of the molecule is CC(C)(c1cccc(C(=O)O)n1)c1cccc(-n2[c-]nc3c(C#N)ncnc32)n1.[Pt]. The van der Waals surface area contributed by atoms with Crippen LogP contribution in [0.1, 0.15) is 41.4 Å². The number of nitrogens with zero attached hydrogens (tertiary/aromatic N) is 7. The van der Waals surface area contributed by atoms with E-state index in [4.69, 9.17) is 4.98 Å². The predicted octanol–water partition coefficient (Wildman–Crippen LogP) is 2.30. The van der Waals surface area contributed by atoms with Gasteiger partial charge in [0.05, 0.1) is 11.5 Å². The van der Waals surface area contributed by atoms with Gasteiger partial charge in [-0.3, -0.25) is 9.97 Å². The van der Waals surface area contributed by atoms with Crippen LogP contribution in [0.4, 0.5) is 0 Å². The molecule has 0 fully saturated rings. The molecule has 0 amide bonds. The van der Waals surface area contributed by atoms with Crippen LogP contribution in [-0.2, 0) is 26.5 Å². The number of nitriles is 1. The first kappa shape index (κ1) is 21.2. The number of fused-ring (bicyclic) bond motifs is 1. The Morgan fingerprint density at radius 2 is 1.83 bits per heavy atom. The fourth-order valence-corrected chi connectivity index (χ4v) is 2.95. The van der Waals surface area contributed by atoms with Crippen LogP contribution in [-0.4, -0.2) is 40.6 Å². The molecule has 0 spiro atoms. The van der Waals surface area contributed by atoms with E-state index in [1.165, 1.54) is 12.4 Å². The molecule has 9 nitrogen and oxygen atoms in total. The molecule has 0 aliphatic rings. The van der Waals surface area contributed by atoms with Crippen LogP contribution in [0.25, 0.3) is 17.0 Å². The summed E-state index contributed by atoms with van der Waals surface area (Å²) in [6.45, 7) is 3.83. The van der Waals surface area contributed by atoms with E-state index in [9.17, 15) is 15.2 Å². The molecular weight excluding hydrogens is 565 g/mol. The molecule has 0 bridgehead atoms. The van der Waals surface area contributed by atoms with Crippen molar-refractivity contribution in [2.24, 2.45) is 0 Å². The van der Waals surface area contributed by atoms with Gasteiger partial charge in [-0.2, -0.15) is 5.26 Å². The molecule has 1 N–H and O–H groups in total. The molecule has 4 rings (SSSR count). The smallest absolute Gasteiger partial charge is 0.354 e. The van der Waals surface area contributed by atoms with Gasteiger partial charge in [0.25, 0.3) is 0 Å². The molecule has 0 saturated carbocycles. The third-order valence-corrected chi connectivity index (χ3v) is 4.59. The number of aromatic nitrogens is 6. The molecule has 0 aromatic carbocycles. The number of aromatic carboxylic acids is 1. The number of carboxylic acid groups (broad SMARTS) is 1. The van der Waals surface area contributed by atoms with Crippen molar-refractivity contribution in [3.8, 4) is 11.9 Å². The Bertz CT molecular complexity index is 1290. The number of hydrogen-bond acceptors (Lipinski definition) is 7. The first-order valence-corrected chi connectivity index (χ1v) is 8.62.